The van der Waals surface area contributed by atoms with Crippen LogP contribution >= 0.6 is 0 Å². The Morgan fingerprint density at radius 3 is 1.95 bits per heavy atom. The van der Waals surface area contributed by atoms with Crippen molar-refractivity contribution >= 4 is 5.78 Å². The van der Waals surface area contributed by atoms with Crippen LogP contribution in [0.2, 0.25) is 0 Å². The highest BCUT2D eigenvalue weighted by atomic mass is 16.5. The lowest BCUT2D eigenvalue weighted by molar-refractivity contribution is 0.103. The summed E-state index contributed by atoms with van der Waals surface area (Å²) in [4.78, 5) is 21.5. The summed E-state index contributed by atoms with van der Waals surface area (Å²) in [7, 11) is 1.63. The van der Waals surface area contributed by atoms with E-state index in [1.54, 1.807) is 7.11 Å². The molecule has 0 radical (unpaired) electrons. The van der Waals surface area contributed by atoms with Gasteiger partial charge in [-0.05, 0) is 23.8 Å². The van der Waals surface area contributed by atoms with E-state index in [1.165, 1.54) is 0 Å². The van der Waals surface area contributed by atoms with E-state index >= 15 is 0 Å². The van der Waals surface area contributed by atoms with Crippen LogP contribution in [-0.2, 0) is 6.61 Å². The second-order valence-electron chi connectivity index (χ2n) is 9.59. The van der Waals surface area contributed by atoms with E-state index in [2.05, 4.69) is 4.98 Å². The first-order valence-electron chi connectivity index (χ1n) is 13.4. The topological polar surface area (TPSA) is 64.2 Å². The van der Waals surface area contributed by atoms with Crippen LogP contribution in [0, 0.1) is 0 Å². The van der Waals surface area contributed by atoms with Crippen LogP contribution in [0.3, 0.4) is 0 Å². The molecule has 0 aliphatic carbocycles. The molecule has 0 spiro atoms. The number of nitrogens with zero attached hydrogens (tertiary/aromatic N) is 1. The number of benzene rings is 5. The van der Waals surface area contributed by atoms with Gasteiger partial charge in [0, 0.05) is 27.8 Å². The molecule has 6 rings (SSSR count). The number of H-pyrrole nitrogens is 1. The Kier molecular flexibility index (Phi) is 7.41. The van der Waals surface area contributed by atoms with Crippen molar-refractivity contribution in [3.05, 3.63) is 150 Å². The minimum atomic E-state index is -0.00704. The van der Waals surface area contributed by atoms with Gasteiger partial charge in [0.05, 0.1) is 18.5 Å². The van der Waals surface area contributed by atoms with Gasteiger partial charge < -0.3 is 14.5 Å². The second-order valence-corrected chi connectivity index (χ2v) is 9.59. The maximum Gasteiger partial charge on any atom is 0.193 e. The average Bonchev–Trinajstić information content (AvgIpc) is 3.50. The predicted molar refractivity (Wildman–Crippen MR) is 162 cm³/mol. The second kappa shape index (κ2) is 11.8. The molecule has 0 bridgehead atoms. The highest BCUT2D eigenvalue weighted by Crippen LogP contribution is 2.36. The van der Waals surface area contributed by atoms with E-state index in [0.717, 1.165) is 33.6 Å². The van der Waals surface area contributed by atoms with Crippen molar-refractivity contribution in [3.8, 4) is 45.4 Å². The standard InChI is InChI=1S/C36H28N2O3/c1-40-32-23-30(21-22-31(32)41-24-25-11-5-2-6-12-25)36-37-33(26-13-7-3-8-14-26)34(38-36)27-17-19-29(20-18-27)35(39)28-15-9-4-10-16-28/h2-23H,24H2,1H3,(H,37,38). The molecule has 0 fully saturated rings. The molecule has 200 valence electrons. The number of nitrogens with one attached hydrogen (secondary N) is 1. The van der Waals surface area contributed by atoms with Crippen molar-refractivity contribution in [2.75, 3.05) is 7.11 Å². The highest BCUT2D eigenvalue weighted by Gasteiger charge is 2.18. The summed E-state index contributed by atoms with van der Waals surface area (Å²) in [6.07, 6.45) is 0. The molecular formula is C36H28N2O3. The molecule has 5 nitrogen and oxygen atoms in total. The SMILES string of the molecule is COc1cc(-c2nc(-c3ccccc3)c(-c3ccc(C(=O)c4ccccc4)cc3)[nH]2)ccc1OCc1ccccc1. The number of aromatic nitrogens is 2. The molecule has 0 atom stereocenters. The summed E-state index contributed by atoms with van der Waals surface area (Å²) in [5, 5.41) is 0. The van der Waals surface area contributed by atoms with Crippen LogP contribution in [0.25, 0.3) is 33.9 Å². The van der Waals surface area contributed by atoms with Gasteiger partial charge in [0.2, 0.25) is 0 Å². The molecule has 0 aliphatic rings. The molecule has 0 amide bonds. The Morgan fingerprint density at radius 2 is 1.27 bits per heavy atom. The van der Waals surface area contributed by atoms with Gasteiger partial charge >= 0.3 is 0 Å². The lowest BCUT2D eigenvalue weighted by Gasteiger charge is -2.12. The maximum absolute atomic E-state index is 12.9. The minimum Gasteiger partial charge on any atom is -0.493 e. The Balaban J connectivity index is 1.33. The summed E-state index contributed by atoms with van der Waals surface area (Å²) >= 11 is 0. The summed E-state index contributed by atoms with van der Waals surface area (Å²) in [5.74, 6) is 1.99. The molecule has 5 heteroatoms. The zero-order valence-corrected chi connectivity index (χ0v) is 22.6. The minimum absolute atomic E-state index is 0.00704. The van der Waals surface area contributed by atoms with Gasteiger partial charge in [-0.25, -0.2) is 4.98 Å². The fourth-order valence-corrected chi connectivity index (χ4v) is 4.74. The quantitative estimate of drug-likeness (QED) is 0.189. The lowest BCUT2D eigenvalue weighted by atomic mass is 10.00. The number of aromatic amines is 1. The first kappa shape index (κ1) is 25.8. The number of carbonyl (C=O) groups excluding carboxylic acids is 1. The van der Waals surface area contributed by atoms with Crippen molar-refractivity contribution in [2.45, 2.75) is 6.61 Å². The molecule has 6 aromatic rings. The van der Waals surface area contributed by atoms with Gasteiger partial charge in [-0.1, -0.05) is 115 Å². The Bertz CT molecular complexity index is 1760. The fraction of sp³-hybridized carbons (Fsp3) is 0.0556. The predicted octanol–water partition coefficient (Wildman–Crippen LogP) is 8.23. The van der Waals surface area contributed by atoms with Crippen LogP contribution < -0.4 is 9.47 Å². The van der Waals surface area contributed by atoms with Crippen molar-refractivity contribution in [1.29, 1.82) is 0 Å². The number of rotatable bonds is 9. The lowest BCUT2D eigenvalue weighted by Crippen LogP contribution is -2.00. The average molecular weight is 537 g/mol. The third-order valence-corrected chi connectivity index (χ3v) is 6.90. The third-order valence-electron chi connectivity index (χ3n) is 6.90. The molecule has 0 saturated heterocycles. The monoisotopic (exact) mass is 536 g/mol. The number of ether oxygens (including phenoxy) is 2. The summed E-state index contributed by atoms with van der Waals surface area (Å²) in [5.41, 5.74) is 6.87. The maximum atomic E-state index is 12.9. The first-order chi connectivity index (χ1) is 20.2. The van der Waals surface area contributed by atoms with Crippen LogP contribution in [0.1, 0.15) is 21.5 Å². The van der Waals surface area contributed by atoms with E-state index in [1.807, 2.05) is 133 Å². The van der Waals surface area contributed by atoms with Gasteiger partial charge in [0.15, 0.2) is 17.3 Å². The van der Waals surface area contributed by atoms with Gasteiger partial charge in [-0.2, -0.15) is 0 Å². The number of ketones is 1. The van der Waals surface area contributed by atoms with Crippen LogP contribution in [0.4, 0.5) is 0 Å². The van der Waals surface area contributed by atoms with E-state index in [0.29, 0.717) is 35.1 Å². The molecule has 41 heavy (non-hydrogen) atoms. The molecule has 5 aromatic carbocycles. The smallest absolute Gasteiger partial charge is 0.193 e. The van der Waals surface area contributed by atoms with E-state index < -0.39 is 0 Å². The van der Waals surface area contributed by atoms with Gasteiger partial charge in [0.1, 0.15) is 12.4 Å². The summed E-state index contributed by atoms with van der Waals surface area (Å²) in [6, 6.07) is 42.9. The van der Waals surface area contributed by atoms with Crippen LogP contribution in [0.5, 0.6) is 11.5 Å². The largest absolute Gasteiger partial charge is 0.493 e. The van der Waals surface area contributed by atoms with Crippen molar-refractivity contribution in [3.63, 3.8) is 0 Å². The molecule has 1 aromatic heterocycles. The summed E-state index contributed by atoms with van der Waals surface area (Å²) in [6.45, 7) is 0.447. The van der Waals surface area contributed by atoms with Crippen molar-refractivity contribution in [1.82, 2.24) is 9.97 Å². The zero-order chi connectivity index (χ0) is 28.0. The number of carbonyl (C=O) groups is 1. The van der Waals surface area contributed by atoms with E-state index in [9.17, 15) is 4.79 Å². The molecular weight excluding hydrogens is 508 g/mol. The fourth-order valence-electron chi connectivity index (χ4n) is 4.74. The Labute approximate surface area is 239 Å². The molecule has 1 heterocycles. The number of hydrogen-bond donors (Lipinski definition) is 1. The third kappa shape index (κ3) is 5.65. The zero-order valence-electron chi connectivity index (χ0n) is 22.6. The number of hydrogen-bond acceptors (Lipinski definition) is 4. The van der Waals surface area contributed by atoms with E-state index in [4.69, 9.17) is 14.5 Å². The first-order valence-corrected chi connectivity index (χ1v) is 13.4. The van der Waals surface area contributed by atoms with Crippen LogP contribution in [-0.4, -0.2) is 22.9 Å². The van der Waals surface area contributed by atoms with E-state index in [-0.39, 0.29) is 5.78 Å². The molecule has 0 unspecified atom stereocenters. The Morgan fingerprint density at radius 1 is 0.659 bits per heavy atom. The number of methoxy groups -OCH3 is 1. The normalized spacial score (nSPS) is 10.8. The van der Waals surface area contributed by atoms with Gasteiger partial charge in [-0.15, -0.1) is 0 Å². The van der Waals surface area contributed by atoms with Gasteiger partial charge in [-0.3, -0.25) is 4.79 Å². The molecule has 1 N–H and O–H groups in total. The highest BCUT2D eigenvalue weighted by molar-refractivity contribution is 6.09. The Hall–Kier alpha value is -5.42. The van der Waals surface area contributed by atoms with Crippen molar-refractivity contribution < 1.29 is 14.3 Å². The van der Waals surface area contributed by atoms with Crippen molar-refractivity contribution in [2.24, 2.45) is 0 Å². The number of imidazole rings is 1. The van der Waals surface area contributed by atoms with Crippen LogP contribution in [0.15, 0.2) is 133 Å². The summed E-state index contributed by atoms with van der Waals surface area (Å²) < 4.78 is 11.7. The molecule has 0 aliphatic heterocycles. The van der Waals surface area contributed by atoms with Gasteiger partial charge in [0.25, 0.3) is 0 Å². The molecule has 0 saturated carbocycles.